The molecule has 120 valence electrons. The lowest BCUT2D eigenvalue weighted by Crippen LogP contribution is -2.43. The third kappa shape index (κ3) is 5.84. The Labute approximate surface area is 142 Å². The van der Waals surface area contributed by atoms with Crippen LogP contribution in [-0.4, -0.2) is 41.8 Å². The molecule has 1 aliphatic heterocycles. The molecule has 1 fully saturated rings. The molecule has 0 aliphatic carbocycles. The fourth-order valence-electron chi connectivity index (χ4n) is 2.53. The highest BCUT2D eigenvalue weighted by Gasteiger charge is 2.21. The molecule has 0 radical (unpaired) electrons. The molecule has 0 bridgehead atoms. The van der Waals surface area contributed by atoms with E-state index < -0.39 is 6.10 Å². The minimum atomic E-state index is -0.512. The van der Waals surface area contributed by atoms with Crippen LogP contribution in [0.15, 0.2) is 18.2 Å². The van der Waals surface area contributed by atoms with Crippen LogP contribution in [0.4, 0.5) is 0 Å². The summed E-state index contributed by atoms with van der Waals surface area (Å²) >= 11 is 11.9. The summed E-state index contributed by atoms with van der Waals surface area (Å²) in [5.41, 5.74) is 0. The molecule has 1 N–H and O–H groups in total. The van der Waals surface area contributed by atoms with Crippen LogP contribution in [-0.2, 0) is 0 Å². The second kappa shape index (κ2) is 9.06. The Kier molecular flexibility index (Phi) is 8.14. The van der Waals surface area contributed by atoms with Crippen LogP contribution in [0.2, 0.25) is 10.0 Å². The lowest BCUT2D eigenvalue weighted by molar-refractivity contribution is 0.0438. The van der Waals surface area contributed by atoms with E-state index in [0.29, 0.717) is 28.4 Å². The van der Waals surface area contributed by atoms with E-state index in [1.807, 2.05) is 0 Å². The highest BCUT2D eigenvalue weighted by Crippen LogP contribution is 2.27. The molecule has 2 unspecified atom stereocenters. The highest BCUT2D eigenvalue weighted by atomic mass is 35.5. The van der Waals surface area contributed by atoms with Gasteiger partial charge in [-0.2, -0.15) is 0 Å². The van der Waals surface area contributed by atoms with Crippen molar-refractivity contribution < 1.29 is 9.84 Å². The first-order valence-corrected chi connectivity index (χ1v) is 7.82. The molecule has 3 nitrogen and oxygen atoms in total. The molecule has 1 aromatic rings. The average Bonchev–Trinajstić information content (AvgIpc) is 2.40. The van der Waals surface area contributed by atoms with E-state index in [4.69, 9.17) is 27.9 Å². The zero-order chi connectivity index (χ0) is 14.5. The van der Waals surface area contributed by atoms with Crippen LogP contribution in [0.25, 0.3) is 0 Å². The minimum absolute atomic E-state index is 0. The lowest BCUT2D eigenvalue weighted by atomic mass is 10.0. The molecule has 0 aromatic heterocycles. The topological polar surface area (TPSA) is 32.7 Å². The smallest absolute Gasteiger partial charge is 0.138 e. The number of hydrogen-bond acceptors (Lipinski definition) is 3. The molecule has 1 aromatic carbocycles. The van der Waals surface area contributed by atoms with Crippen LogP contribution in [0.1, 0.15) is 26.2 Å². The van der Waals surface area contributed by atoms with Crippen molar-refractivity contribution in [2.24, 2.45) is 0 Å². The maximum absolute atomic E-state index is 10.1. The fourth-order valence-corrected chi connectivity index (χ4v) is 2.99. The summed E-state index contributed by atoms with van der Waals surface area (Å²) in [6.07, 6.45) is 3.18. The van der Waals surface area contributed by atoms with Gasteiger partial charge in [-0.1, -0.05) is 29.6 Å². The SMILES string of the molecule is CC1CCCCN1CC(O)COc1ccc(Cl)cc1Cl.Cl. The van der Waals surface area contributed by atoms with Gasteiger partial charge in [0, 0.05) is 17.6 Å². The second-order valence-electron chi connectivity index (χ2n) is 5.38. The van der Waals surface area contributed by atoms with Crippen LogP contribution in [0, 0.1) is 0 Å². The molecular formula is C15H22Cl3NO2. The number of rotatable bonds is 5. The number of benzene rings is 1. The first-order chi connectivity index (χ1) is 9.56. The molecular weight excluding hydrogens is 333 g/mol. The van der Waals surface area contributed by atoms with Gasteiger partial charge in [0.15, 0.2) is 0 Å². The van der Waals surface area contributed by atoms with Crippen molar-refractivity contribution in [3.63, 3.8) is 0 Å². The van der Waals surface area contributed by atoms with Crippen molar-refractivity contribution >= 4 is 35.6 Å². The molecule has 1 heterocycles. The van der Waals surface area contributed by atoms with E-state index in [9.17, 15) is 5.11 Å². The van der Waals surface area contributed by atoms with E-state index in [2.05, 4.69) is 11.8 Å². The molecule has 2 rings (SSSR count). The largest absolute Gasteiger partial charge is 0.489 e. The number of β-amino-alcohol motifs (C(OH)–C–C–N with tert-alkyl or cyclic N) is 1. The zero-order valence-corrected chi connectivity index (χ0v) is 14.4. The number of likely N-dealkylation sites (tertiary alicyclic amines) is 1. The van der Waals surface area contributed by atoms with Crippen molar-refractivity contribution in [1.82, 2.24) is 4.90 Å². The molecule has 1 aliphatic rings. The summed E-state index contributed by atoms with van der Waals surface area (Å²) in [5.74, 6) is 0.557. The number of aliphatic hydroxyl groups excluding tert-OH is 1. The number of hydrogen-bond donors (Lipinski definition) is 1. The van der Waals surface area contributed by atoms with Gasteiger partial charge in [-0.05, 0) is 44.5 Å². The van der Waals surface area contributed by atoms with E-state index >= 15 is 0 Å². The number of halogens is 3. The highest BCUT2D eigenvalue weighted by molar-refractivity contribution is 6.35. The van der Waals surface area contributed by atoms with E-state index in [-0.39, 0.29) is 19.0 Å². The first kappa shape index (κ1) is 18.9. The maximum Gasteiger partial charge on any atom is 0.138 e. The van der Waals surface area contributed by atoms with Gasteiger partial charge in [0.25, 0.3) is 0 Å². The van der Waals surface area contributed by atoms with Gasteiger partial charge < -0.3 is 9.84 Å². The summed E-state index contributed by atoms with van der Waals surface area (Å²) in [7, 11) is 0. The summed E-state index contributed by atoms with van der Waals surface area (Å²) < 4.78 is 5.56. The van der Waals surface area contributed by atoms with Crippen molar-refractivity contribution in [1.29, 1.82) is 0 Å². The van der Waals surface area contributed by atoms with E-state index in [0.717, 1.165) is 6.54 Å². The third-order valence-electron chi connectivity index (χ3n) is 3.71. The van der Waals surface area contributed by atoms with E-state index in [1.165, 1.54) is 19.3 Å². The predicted octanol–water partition coefficient (Wildman–Crippen LogP) is 4.03. The second-order valence-corrected chi connectivity index (χ2v) is 6.22. The summed E-state index contributed by atoms with van der Waals surface area (Å²) in [5, 5.41) is 11.1. The Bertz CT molecular complexity index is 445. The quantitative estimate of drug-likeness (QED) is 0.866. The Balaban J connectivity index is 0.00000220. The van der Waals surface area contributed by atoms with Crippen molar-refractivity contribution in [2.45, 2.75) is 38.3 Å². The van der Waals surface area contributed by atoms with Gasteiger partial charge >= 0.3 is 0 Å². The molecule has 1 saturated heterocycles. The Morgan fingerprint density at radius 1 is 1.38 bits per heavy atom. The monoisotopic (exact) mass is 353 g/mol. The van der Waals surface area contributed by atoms with Gasteiger partial charge in [-0.3, -0.25) is 4.90 Å². The van der Waals surface area contributed by atoms with Gasteiger partial charge in [0.1, 0.15) is 18.5 Å². The minimum Gasteiger partial charge on any atom is -0.489 e. The van der Waals surface area contributed by atoms with E-state index in [1.54, 1.807) is 18.2 Å². The van der Waals surface area contributed by atoms with Crippen molar-refractivity contribution in [3.8, 4) is 5.75 Å². The standard InChI is InChI=1S/C15H21Cl2NO2.ClH/c1-11-4-2-3-7-18(11)9-13(19)10-20-15-6-5-12(16)8-14(15)17;/h5-6,8,11,13,19H,2-4,7,9-10H2,1H3;1H. The molecule has 21 heavy (non-hydrogen) atoms. The molecule has 0 saturated carbocycles. The normalized spacial score (nSPS) is 20.7. The lowest BCUT2D eigenvalue weighted by Gasteiger charge is -2.34. The van der Waals surface area contributed by atoms with Crippen molar-refractivity contribution in [3.05, 3.63) is 28.2 Å². The zero-order valence-electron chi connectivity index (χ0n) is 12.1. The summed E-state index contributed by atoms with van der Waals surface area (Å²) in [6.45, 7) is 4.15. The van der Waals surface area contributed by atoms with Gasteiger partial charge in [0.05, 0.1) is 5.02 Å². The van der Waals surface area contributed by atoms with Crippen LogP contribution >= 0.6 is 35.6 Å². The van der Waals surface area contributed by atoms with Gasteiger partial charge in [0.2, 0.25) is 0 Å². The van der Waals surface area contributed by atoms with Crippen LogP contribution < -0.4 is 4.74 Å². The maximum atomic E-state index is 10.1. The average molecular weight is 355 g/mol. The number of ether oxygens (including phenoxy) is 1. The third-order valence-corrected chi connectivity index (χ3v) is 4.24. The number of aliphatic hydroxyl groups is 1. The first-order valence-electron chi connectivity index (χ1n) is 7.06. The predicted molar refractivity (Wildman–Crippen MR) is 90.1 cm³/mol. The Morgan fingerprint density at radius 3 is 2.81 bits per heavy atom. The molecule has 0 amide bonds. The fraction of sp³-hybridized carbons (Fsp3) is 0.600. The molecule has 2 atom stereocenters. The van der Waals surface area contributed by atoms with Crippen LogP contribution in [0.3, 0.4) is 0 Å². The Morgan fingerprint density at radius 2 is 2.14 bits per heavy atom. The number of piperidine rings is 1. The molecule has 6 heteroatoms. The van der Waals surface area contributed by atoms with Gasteiger partial charge in [-0.15, -0.1) is 12.4 Å². The summed E-state index contributed by atoms with van der Waals surface area (Å²) in [4.78, 5) is 2.32. The van der Waals surface area contributed by atoms with Crippen molar-refractivity contribution in [2.75, 3.05) is 19.7 Å². The van der Waals surface area contributed by atoms with Gasteiger partial charge in [-0.25, -0.2) is 0 Å². The molecule has 0 spiro atoms. The number of nitrogens with zero attached hydrogens (tertiary/aromatic N) is 1. The summed E-state index contributed by atoms with van der Waals surface area (Å²) in [6, 6.07) is 5.62. The Hall–Kier alpha value is -0.190. The van der Waals surface area contributed by atoms with Crippen LogP contribution in [0.5, 0.6) is 5.75 Å².